The summed E-state index contributed by atoms with van der Waals surface area (Å²) in [5.41, 5.74) is 0.523. The first-order valence-electron chi connectivity index (χ1n) is 3.75. The van der Waals surface area contributed by atoms with Crippen LogP contribution >= 0.6 is 38.5 Å². The summed E-state index contributed by atoms with van der Waals surface area (Å²) >= 11 is 5.17. The molecule has 0 N–H and O–H groups in total. The van der Waals surface area contributed by atoms with E-state index in [9.17, 15) is 4.79 Å². The van der Waals surface area contributed by atoms with Gasteiger partial charge in [-0.1, -0.05) is 27.9 Å². The number of rotatable bonds is 2. The normalized spacial score (nSPS) is 8.71. The molecule has 0 unspecified atom stereocenters. The molecule has 0 radical (unpaired) electrons. The van der Waals surface area contributed by atoms with Crippen molar-refractivity contribution in [3.63, 3.8) is 0 Å². The zero-order chi connectivity index (χ0) is 10.4. The Labute approximate surface area is 104 Å². The molecular weight excluding hydrogens is 359 g/mol. The largest absolute Gasteiger partial charge is 0.449 e. The molecule has 0 aliphatic carbocycles. The third-order valence-corrected chi connectivity index (χ3v) is 2.28. The molecule has 1 aromatic rings. The third-order valence-electron chi connectivity index (χ3n) is 1.40. The minimum atomic E-state index is -0.356. The third kappa shape index (κ3) is 3.68. The smallest absolute Gasteiger partial charge is 0.339 e. The molecule has 0 spiro atoms. The van der Waals surface area contributed by atoms with Crippen molar-refractivity contribution < 1.29 is 9.53 Å². The summed E-state index contributed by atoms with van der Waals surface area (Å²) in [7, 11) is 0. The fourth-order valence-corrected chi connectivity index (χ4v) is 1.38. The second kappa shape index (κ2) is 6.04. The first kappa shape index (κ1) is 11.5. The van der Waals surface area contributed by atoms with E-state index in [2.05, 4.69) is 25.8 Å². The second-order valence-electron chi connectivity index (χ2n) is 2.36. The van der Waals surface area contributed by atoms with Gasteiger partial charge in [0.15, 0.2) is 6.61 Å². The van der Waals surface area contributed by atoms with Crippen molar-refractivity contribution in [2.24, 2.45) is 0 Å². The molecule has 1 rings (SSSR count). The number of hydrogen-bond acceptors (Lipinski definition) is 2. The van der Waals surface area contributed by atoms with E-state index in [0.29, 0.717) is 5.56 Å². The van der Waals surface area contributed by atoms with Gasteiger partial charge in [0, 0.05) is 27.1 Å². The zero-order valence-corrected chi connectivity index (χ0v) is 10.8. The van der Waals surface area contributed by atoms with Crippen molar-refractivity contribution in [2.45, 2.75) is 0 Å². The van der Waals surface area contributed by atoms with Gasteiger partial charge in [-0.15, -0.1) is 0 Å². The lowest BCUT2D eigenvalue weighted by Crippen LogP contribution is -2.04. The summed E-state index contributed by atoms with van der Waals surface area (Å²) < 4.78 is 8.36. The summed E-state index contributed by atoms with van der Waals surface area (Å²) in [6, 6.07) is 7.04. The highest BCUT2D eigenvalue weighted by Gasteiger charge is 2.05. The maximum absolute atomic E-state index is 11.4. The minimum absolute atomic E-state index is 0.133. The molecule has 0 bridgehead atoms. The van der Waals surface area contributed by atoms with E-state index in [-0.39, 0.29) is 12.6 Å². The lowest BCUT2D eigenvalue weighted by molar-refractivity contribution is 0.0556. The maximum Gasteiger partial charge on any atom is 0.339 e. The predicted molar refractivity (Wildman–Crippen MR) is 66.2 cm³/mol. The van der Waals surface area contributed by atoms with Gasteiger partial charge in [0.2, 0.25) is 0 Å². The van der Waals surface area contributed by atoms with Crippen LogP contribution in [-0.4, -0.2) is 12.6 Å². The molecule has 0 atom stereocenters. The molecule has 0 fully saturated rings. The van der Waals surface area contributed by atoms with Crippen LogP contribution in [0.1, 0.15) is 10.4 Å². The first-order chi connectivity index (χ1) is 6.74. The Bertz CT molecular complexity index is 393. The highest BCUT2D eigenvalue weighted by atomic mass is 127. The van der Waals surface area contributed by atoms with Gasteiger partial charge < -0.3 is 4.74 Å². The van der Waals surface area contributed by atoms with E-state index < -0.39 is 0 Å². The van der Waals surface area contributed by atoms with Gasteiger partial charge in [-0.25, -0.2) is 4.79 Å². The van der Waals surface area contributed by atoms with E-state index in [1.807, 2.05) is 28.7 Å². The molecule has 0 heterocycles. The number of halogens is 2. The van der Waals surface area contributed by atoms with Crippen molar-refractivity contribution in [3.05, 3.63) is 34.3 Å². The van der Waals surface area contributed by atoms with Crippen molar-refractivity contribution in [1.29, 1.82) is 0 Å². The van der Waals surface area contributed by atoms with E-state index in [4.69, 9.17) is 4.74 Å². The van der Waals surface area contributed by atoms with E-state index in [0.717, 1.165) is 4.47 Å². The van der Waals surface area contributed by atoms with Gasteiger partial charge in [-0.2, -0.15) is 0 Å². The predicted octanol–water partition coefficient (Wildman–Crippen LogP) is 3.00. The maximum atomic E-state index is 11.4. The van der Waals surface area contributed by atoms with Crippen LogP contribution in [-0.2, 0) is 4.74 Å². The van der Waals surface area contributed by atoms with Gasteiger partial charge in [0.05, 0.1) is 5.56 Å². The Morgan fingerprint density at radius 1 is 1.57 bits per heavy atom. The molecule has 0 saturated heterocycles. The molecule has 72 valence electrons. The van der Waals surface area contributed by atoms with Crippen LogP contribution in [0.5, 0.6) is 0 Å². The second-order valence-corrected chi connectivity index (χ2v) is 3.81. The number of carbonyl (C=O) groups is 1. The van der Waals surface area contributed by atoms with Crippen LogP contribution in [0.15, 0.2) is 28.7 Å². The van der Waals surface area contributed by atoms with Gasteiger partial charge in [0.25, 0.3) is 0 Å². The van der Waals surface area contributed by atoms with E-state index in [1.54, 1.807) is 18.2 Å². The first-order valence-corrected chi connectivity index (χ1v) is 5.62. The average Bonchev–Trinajstić information content (AvgIpc) is 2.18. The number of ether oxygens (including phenoxy) is 1. The van der Waals surface area contributed by atoms with E-state index in [1.165, 1.54) is 0 Å². The molecular formula is C10H6BrIO2. The topological polar surface area (TPSA) is 26.3 Å². The summed E-state index contributed by atoms with van der Waals surface area (Å²) in [6.07, 6.45) is 0. The van der Waals surface area contributed by atoms with Gasteiger partial charge >= 0.3 is 5.97 Å². The Hall–Kier alpha value is -0.540. The fraction of sp³-hybridized carbons (Fsp3) is 0.100. The molecule has 0 aliphatic heterocycles. The van der Waals surface area contributed by atoms with Gasteiger partial charge in [-0.3, -0.25) is 0 Å². The van der Waals surface area contributed by atoms with Crippen LogP contribution in [0.2, 0.25) is 0 Å². The molecule has 0 amide bonds. The molecule has 0 aliphatic rings. The Morgan fingerprint density at radius 2 is 2.36 bits per heavy atom. The number of carbonyl (C=O) groups excluding carboxylic acids is 1. The van der Waals surface area contributed by atoms with Crippen molar-refractivity contribution in [3.8, 4) is 9.85 Å². The summed E-state index contributed by atoms with van der Waals surface area (Å²) in [4.78, 5) is 11.4. The standard InChI is InChI=1S/C10H6BrIO2/c11-9-4-1-3-8(7-9)10(13)14-6-2-5-12/h1,3-4,7H,6H2. The fourth-order valence-electron chi connectivity index (χ4n) is 0.828. The molecule has 14 heavy (non-hydrogen) atoms. The van der Waals surface area contributed by atoms with Crippen LogP contribution in [0.3, 0.4) is 0 Å². The SMILES string of the molecule is O=C(OCC#CI)c1cccc(Br)c1. The van der Waals surface area contributed by atoms with Gasteiger partial charge in [0.1, 0.15) is 0 Å². The number of benzene rings is 1. The number of hydrogen-bond donors (Lipinski definition) is 0. The Balaban J connectivity index is 2.63. The van der Waals surface area contributed by atoms with Crippen LogP contribution < -0.4 is 0 Å². The van der Waals surface area contributed by atoms with Crippen LogP contribution in [0.25, 0.3) is 0 Å². The van der Waals surface area contributed by atoms with Crippen molar-refractivity contribution in [2.75, 3.05) is 6.61 Å². The quantitative estimate of drug-likeness (QED) is 0.458. The molecule has 4 heteroatoms. The minimum Gasteiger partial charge on any atom is -0.449 e. The lowest BCUT2D eigenvalue weighted by atomic mass is 10.2. The highest BCUT2D eigenvalue weighted by Crippen LogP contribution is 2.12. The zero-order valence-electron chi connectivity index (χ0n) is 7.09. The molecule has 2 nitrogen and oxygen atoms in total. The average molecular weight is 365 g/mol. The van der Waals surface area contributed by atoms with Crippen molar-refractivity contribution >= 4 is 44.5 Å². The Morgan fingerprint density at radius 3 is 3.00 bits per heavy atom. The molecule has 0 aromatic heterocycles. The lowest BCUT2D eigenvalue weighted by Gasteiger charge is -2.00. The number of esters is 1. The van der Waals surface area contributed by atoms with Crippen LogP contribution in [0.4, 0.5) is 0 Å². The molecule has 0 saturated carbocycles. The summed E-state index contributed by atoms with van der Waals surface area (Å²) in [5, 5.41) is 0. The molecule has 1 aromatic carbocycles. The van der Waals surface area contributed by atoms with Gasteiger partial charge in [-0.05, 0) is 22.1 Å². The Kier molecular flexibility index (Phi) is 4.98. The van der Waals surface area contributed by atoms with Crippen molar-refractivity contribution in [1.82, 2.24) is 0 Å². The van der Waals surface area contributed by atoms with Crippen LogP contribution in [0, 0.1) is 9.85 Å². The summed E-state index contributed by atoms with van der Waals surface area (Å²) in [5.74, 6) is 2.29. The summed E-state index contributed by atoms with van der Waals surface area (Å²) in [6.45, 7) is 0.133. The van der Waals surface area contributed by atoms with E-state index >= 15 is 0 Å². The monoisotopic (exact) mass is 364 g/mol. The highest BCUT2D eigenvalue weighted by molar-refractivity contribution is 14.1.